The van der Waals surface area contributed by atoms with Crippen LogP contribution in [0.5, 0.6) is 0 Å². The van der Waals surface area contributed by atoms with Crippen LogP contribution in [-0.2, 0) is 16.1 Å². The van der Waals surface area contributed by atoms with Crippen LogP contribution in [0.2, 0.25) is 5.02 Å². The minimum Gasteiger partial charge on any atom is -0.379 e. The standard InChI is InChI=1S/C19H27ClN6O2/c1-14(2)11-17(25-7-9-28-10-8-25)12-21-18(27)13-26-23-19(22-24-26)15-3-5-16(20)6-4-15/h3-6,14,17H,7-13H2,1-2H3,(H,21,27). The van der Waals surface area contributed by atoms with Crippen LogP contribution in [0, 0.1) is 5.92 Å². The average molecular weight is 407 g/mol. The quantitative estimate of drug-likeness (QED) is 0.720. The molecule has 1 aromatic carbocycles. The fourth-order valence-corrected chi connectivity index (χ4v) is 3.41. The van der Waals surface area contributed by atoms with Crippen molar-refractivity contribution in [3.05, 3.63) is 29.3 Å². The Morgan fingerprint density at radius 1 is 1.25 bits per heavy atom. The zero-order chi connectivity index (χ0) is 19.9. The van der Waals surface area contributed by atoms with Gasteiger partial charge in [0.1, 0.15) is 6.54 Å². The highest BCUT2D eigenvalue weighted by atomic mass is 35.5. The molecule has 0 saturated carbocycles. The zero-order valence-corrected chi connectivity index (χ0v) is 17.1. The first kappa shape index (κ1) is 20.7. The van der Waals surface area contributed by atoms with E-state index in [0.29, 0.717) is 29.4 Å². The summed E-state index contributed by atoms with van der Waals surface area (Å²) in [6.45, 7) is 8.36. The summed E-state index contributed by atoms with van der Waals surface area (Å²) in [6, 6.07) is 7.49. The van der Waals surface area contributed by atoms with Gasteiger partial charge in [0, 0.05) is 36.3 Å². The van der Waals surface area contributed by atoms with Crippen LogP contribution in [0.1, 0.15) is 20.3 Å². The molecule has 9 heteroatoms. The van der Waals surface area contributed by atoms with Gasteiger partial charge in [0.25, 0.3) is 0 Å². The van der Waals surface area contributed by atoms with Gasteiger partial charge in [-0.15, -0.1) is 10.2 Å². The minimum absolute atomic E-state index is 0.0398. The van der Waals surface area contributed by atoms with Crippen molar-refractivity contribution in [1.29, 1.82) is 0 Å². The van der Waals surface area contributed by atoms with Gasteiger partial charge in [-0.3, -0.25) is 9.69 Å². The first-order valence-corrected chi connectivity index (χ1v) is 10.0. The van der Waals surface area contributed by atoms with E-state index in [1.807, 2.05) is 12.1 Å². The summed E-state index contributed by atoms with van der Waals surface area (Å²) in [4.78, 5) is 16.1. The first-order valence-electron chi connectivity index (χ1n) is 9.63. The summed E-state index contributed by atoms with van der Waals surface area (Å²) >= 11 is 5.90. The second-order valence-electron chi connectivity index (χ2n) is 7.39. The molecule has 152 valence electrons. The van der Waals surface area contributed by atoms with Crippen molar-refractivity contribution in [2.75, 3.05) is 32.8 Å². The first-order chi connectivity index (χ1) is 13.5. The Bertz CT molecular complexity index is 758. The highest BCUT2D eigenvalue weighted by Crippen LogP contribution is 2.17. The lowest BCUT2D eigenvalue weighted by atomic mass is 10.0. The van der Waals surface area contributed by atoms with Gasteiger partial charge in [-0.25, -0.2) is 0 Å². The molecule has 1 aromatic heterocycles. The summed E-state index contributed by atoms with van der Waals surface area (Å²) in [7, 11) is 0. The van der Waals surface area contributed by atoms with E-state index in [9.17, 15) is 4.79 Å². The molecule has 3 rings (SSSR count). The van der Waals surface area contributed by atoms with E-state index in [-0.39, 0.29) is 12.5 Å². The number of morpholine rings is 1. The molecule has 0 spiro atoms. The maximum Gasteiger partial charge on any atom is 0.243 e. The topological polar surface area (TPSA) is 85.2 Å². The van der Waals surface area contributed by atoms with Gasteiger partial charge in [-0.05, 0) is 41.8 Å². The van der Waals surface area contributed by atoms with E-state index in [1.54, 1.807) is 12.1 Å². The number of nitrogens with zero attached hydrogens (tertiary/aromatic N) is 5. The number of benzene rings is 1. The Morgan fingerprint density at radius 3 is 2.64 bits per heavy atom. The lowest BCUT2D eigenvalue weighted by molar-refractivity contribution is -0.122. The maximum atomic E-state index is 12.4. The van der Waals surface area contributed by atoms with E-state index in [1.165, 1.54) is 4.80 Å². The minimum atomic E-state index is -0.123. The second-order valence-corrected chi connectivity index (χ2v) is 7.82. The van der Waals surface area contributed by atoms with Gasteiger partial charge < -0.3 is 10.1 Å². The molecule has 0 aliphatic carbocycles. The molecule has 1 N–H and O–H groups in total. The third-order valence-corrected chi connectivity index (χ3v) is 4.93. The van der Waals surface area contributed by atoms with Crippen LogP contribution in [0.4, 0.5) is 0 Å². The number of ether oxygens (including phenoxy) is 1. The third-order valence-electron chi connectivity index (χ3n) is 4.68. The third kappa shape index (κ3) is 5.98. The predicted molar refractivity (Wildman–Crippen MR) is 107 cm³/mol. The number of hydrogen-bond acceptors (Lipinski definition) is 6. The predicted octanol–water partition coefficient (Wildman–Crippen LogP) is 1.86. The van der Waals surface area contributed by atoms with Gasteiger partial charge in [-0.1, -0.05) is 25.4 Å². The summed E-state index contributed by atoms with van der Waals surface area (Å²) in [5.74, 6) is 0.904. The average Bonchev–Trinajstić information content (AvgIpc) is 3.14. The molecule has 8 nitrogen and oxygen atoms in total. The van der Waals surface area contributed by atoms with Gasteiger partial charge in [-0.2, -0.15) is 4.80 Å². The highest BCUT2D eigenvalue weighted by Gasteiger charge is 2.22. The normalized spacial score (nSPS) is 16.3. The van der Waals surface area contributed by atoms with Crippen LogP contribution in [0.3, 0.4) is 0 Å². The Balaban J connectivity index is 1.53. The van der Waals surface area contributed by atoms with Crippen LogP contribution in [-0.4, -0.2) is 69.9 Å². The van der Waals surface area contributed by atoms with Gasteiger partial charge in [0.05, 0.1) is 13.2 Å². The maximum absolute atomic E-state index is 12.4. The molecule has 1 unspecified atom stereocenters. The van der Waals surface area contributed by atoms with Gasteiger partial charge >= 0.3 is 0 Å². The highest BCUT2D eigenvalue weighted by molar-refractivity contribution is 6.30. The summed E-state index contributed by atoms with van der Waals surface area (Å²) in [5.41, 5.74) is 0.806. The largest absolute Gasteiger partial charge is 0.379 e. The smallest absolute Gasteiger partial charge is 0.243 e. The van der Waals surface area contributed by atoms with Crippen LogP contribution >= 0.6 is 11.6 Å². The lowest BCUT2D eigenvalue weighted by Gasteiger charge is -2.35. The summed E-state index contributed by atoms with van der Waals surface area (Å²) in [5, 5.41) is 15.9. The van der Waals surface area contributed by atoms with Crippen LogP contribution in [0.15, 0.2) is 24.3 Å². The van der Waals surface area contributed by atoms with Crippen LogP contribution < -0.4 is 5.32 Å². The van der Waals surface area contributed by atoms with Crippen molar-refractivity contribution in [3.63, 3.8) is 0 Å². The van der Waals surface area contributed by atoms with Gasteiger partial charge in [0.2, 0.25) is 11.7 Å². The van der Waals surface area contributed by atoms with Crippen molar-refractivity contribution in [2.24, 2.45) is 5.92 Å². The number of rotatable bonds is 8. The number of halogens is 1. The van der Waals surface area contributed by atoms with E-state index in [0.717, 1.165) is 38.3 Å². The molecule has 1 fully saturated rings. The molecule has 1 saturated heterocycles. The number of tetrazole rings is 1. The Kier molecular flexibility index (Phi) is 7.36. The molecule has 0 radical (unpaired) electrons. The fourth-order valence-electron chi connectivity index (χ4n) is 3.29. The van der Waals surface area contributed by atoms with Crippen molar-refractivity contribution in [3.8, 4) is 11.4 Å². The Labute approximate surface area is 170 Å². The van der Waals surface area contributed by atoms with Crippen molar-refractivity contribution >= 4 is 17.5 Å². The van der Waals surface area contributed by atoms with Gasteiger partial charge in [0.15, 0.2) is 0 Å². The van der Waals surface area contributed by atoms with Crippen molar-refractivity contribution < 1.29 is 9.53 Å². The van der Waals surface area contributed by atoms with E-state index < -0.39 is 0 Å². The molecule has 1 aliphatic rings. The molecule has 2 aromatic rings. The zero-order valence-electron chi connectivity index (χ0n) is 16.3. The number of nitrogens with one attached hydrogen (secondary N) is 1. The molecule has 1 aliphatic heterocycles. The molecule has 0 bridgehead atoms. The van der Waals surface area contributed by atoms with Crippen molar-refractivity contribution in [2.45, 2.75) is 32.9 Å². The molecule has 1 atom stereocenters. The number of carbonyl (C=O) groups excluding carboxylic acids is 1. The Hall–Kier alpha value is -2.03. The summed E-state index contributed by atoms with van der Waals surface area (Å²) in [6.07, 6.45) is 1.03. The fraction of sp³-hybridized carbons (Fsp3) is 0.579. The summed E-state index contributed by atoms with van der Waals surface area (Å²) < 4.78 is 5.44. The van der Waals surface area contributed by atoms with E-state index in [4.69, 9.17) is 16.3 Å². The second kappa shape index (κ2) is 9.95. The molecule has 2 heterocycles. The van der Waals surface area contributed by atoms with Crippen molar-refractivity contribution in [1.82, 2.24) is 30.4 Å². The molecule has 1 amide bonds. The van der Waals surface area contributed by atoms with E-state index in [2.05, 4.69) is 39.5 Å². The number of carbonyl (C=O) groups is 1. The molecular weight excluding hydrogens is 380 g/mol. The molecular formula is C19H27ClN6O2. The lowest BCUT2D eigenvalue weighted by Crippen LogP contribution is -2.49. The SMILES string of the molecule is CC(C)CC(CNC(=O)Cn1nnc(-c2ccc(Cl)cc2)n1)N1CCOCC1. The number of amides is 1. The Morgan fingerprint density at radius 2 is 1.96 bits per heavy atom. The molecule has 28 heavy (non-hydrogen) atoms. The monoisotopic (exact) mass is 406 g/mol. The van der Waals surface area contributed by atoms with Crippen LogP contribution in [0.25, 0.3) is 11.4 Å². The number of aromatic nitrogens is 4. The van der Waals surface area contributed by atoms with E-state index >= 15 is 0 Å². The number of hydrogen-bond donors (Lipinski definition) is 1.